The van der Waals surface area contributed by atoms with Gasteiger partial charge < -0.3 is 10.2 Å². The number of rotatable bonds is 4. The molecule has 0 aliphatic rings. The first-order valence-electron chi connectivity index (χ1n) is 5.17. The Kier molecular flexibility index (Phi) is 3.63. The molecule has 1 aromatic heterocycles. The molecule has 2 aromatic rings. The Morgan fingerprint density at radius 1 is 1.29 bits per heavy atom. The summed E-state index contributed by atoms with van der Waals surface area (Å²) < 4.78 is 18.4. The number of nitrogens with two attached hydrogens (primary N) is 1. The monoisotopic (exact) mass is 253 g/mol. The molecular weight excluding hydrogens is 241 g/mol. The summed E-state index contributed by atoms with van der Waals surface area (Å²) in [4.78, 5) is 0.749. The van der Waals surface area contributed by atoms with Crippen LogP contribution in [0.1, 0.15) is 18.7 Å². The van der Waals surface area contributed by atoms with E-state index in [-0.39, 0.29) is 5.82 Å². The van der Waals surface area contributed by atoms with Crippen LogP contribution in [-0.4, -0.2) is 10.2 Å². The molecule has 90 valence electrons. The topological polar surface area (TPSA) is 64.9 Å². The number of aromatic nitrogens is 2. The molecule has 0 fully saturated rings. The van der Waals surface area contributed by atoms with E-state index in [1.807, 2.05) is 6.92 Å². The van der Waals surface area contributed by atoms with Crippen molar-refractivity contribution < 1.29 is 8.81 Å². The van der Waals surface area contributed by atoms with Gasteiger partial charge in [0, 0.05) is 17.0 Å². The van der Waals surface area contributed by atoms with Crippen LogP contribution in [0.15, 0.2) is 27.5 Å². The lowest BCUT2D eigenvalue weighted by Gasteiger charge is -2.00. The lowest BCUT2D eigenvalue weighted by atomic mass is 10.3. The van der Waals surface area contributed by atoms with E-state index in [0.29, 0.717) is 29.6 Å². The third kappa shape index (κ3) is 3.20. The highest BCUT2D eigenvalue weighted by Crippen LogP contribution is 2.25. The van der Waals surface area contributed by atoms with Crippen molar-refractivity contribution in [2.75, 3.05) is 5.73 Å². The van der Waals surface area contributed by atoms with E-state index in [1.165, 1.54) is 23.9 Å². The van der Waals surface area contributed by atoms with Crippen molar-refractivity contribution in [3.8, 4) is 0 Å². The van der Waals surface area contributed by atoms with Crippen LogP contribution in [0.4, 0.5) is 10.1 Å². The fraction of sp³-hybridized carbons (Fsp3) is 0.273. The van der Waals surface area contributed by atoms with Crippen LogP contribution in [0.5, 0.6) is 0 Å². The SMILES string of the molecule is CCc1nnc(CSc2cc(N)cc(F)c2)o1. The molecule has 0 radical (unpaired) electrons. The summed E-state index contributed by atoms with van der Waals surface area (Å²) in [6.45, 7) is 1.94. The van der Waals surface area contributed by atoms with Crippen LogP contribution in [0.25, 0.3) is 0 Å². The van der Waals surface area contributed by atoms with E-state index in [0.717, 1.165) is 4.90 Å². The minimum absolute atomic E-state index is 0.340. The molecule has 0 amide bonds. The summed E-state index contributed by atoms with van der Waals surface area (Å²) in [5, 5.41) is 7.74. The second kappa shape index (κ2) is 5.18. The zero-order chi connectivity index (χ0) is 12.3. The Labute approximate surface area is 102 Å². The predicted octanol–water partition coefficient (Wildman–Crippen LogP) is 2.65. The summed E-state index contributed by atoms with van der Waals surface area (Å²) in [6, 6.07) is 4.43. The quantitative estimate of drug-likeness (QED) is 0.670. The fourth-order valence-electron chi connectivity index (χ4n) is 1.30. The molecule has 6 heteroatoms. The molecule has 0 bridgehead atoms. The van der Waals surface area contributed by atoms with Gasteiger partial charge in [0.15, 0.2) is 0 Å². The van der Waals surface area contributed by atoms with Gasteiger partial charge in [-0.1, -0.05) is 6.92 Å². The van der Waals surface area contributed by atoms with Crippen molar-refractivity contribution >= 4 is 17.4 Å². The van der Waals surface area contributed by atoms with Gasteiger partial charge in [0.1, 0.15) is 5.82 Å². The molecule has 1 aromatic carbocycles. The maximum atomic E-state index is 13.1. The largest absolute Gasteiger partial charge is 0.424 e. The Morgan fingerprint density at radius 3 is 2.71 bits per heavy atom. The predicted molar refractivity (Wildman–Crippen MR) is 64.0 cm³/mol. The third-order valence-corrected chi connectivity index (χ3v) is 3.03. The van der Waals surface area contributed by atoms with E-state index in [1.54, 1.807) is 6.07 Å². The lowest BCUT2D eigenvalue weighted by molar-refractivity contribution is 0.470. The van der Waals surface area contributed by atoms with Gasteiger partial charge in [-0.3, -0.25) is 0 Å². The van der Waals surface area contributed by atoms with Gasteiger partial charge in [0.25, 0.3) is 0 Å². The van der Waals surface area contributed by atoms with Gasteiger partial charge in [-0.25, -0.2) is 4.39 Å². The van der Waals surface area contributed by atoms with Gasteiger partial charge in [-0.2, -0.15) is 0 Å². The first-order chi connectivity index (χ1) is 8.17. The number of nitrogens with zero attached hydrogens (tertiary/aromatic N) is 2. The van der Waals surface area contributed by atoms with Crippen LogP contribution in [0.2, 0.25) is 0 Å². The average molecular weight is 253 g/mol. The van der Waals surface area contributed by atoms with Crippen molar-refractivity contribution in [3.63, 3.8) is 0 Å². The first-order valence-corrected chi connectivity index (χ1v) is 6.16. The van der Waals surface area contributed by atoms with E-state index >= 15 is 0 Å². The number of anilines is 1. The summed E-state index contributed by atoms with van der Waals surface area (Å²) in [7, 11) is 0. The number of hydrogen-bond donors (Lipinski definition) is 1. The van der Waals surface area contributed by atoms with E-state index in [9.17, 15) is 4.39 Å². The van der Waals surface area contributed by atoms with Crippen LogP contribution >= 0.6 is 11.8 Å². The summed E-state index contributed by atoms with van der Waals surface area (Å²) >= 11 is 1.41. The Balaban J connectivity index is 2.01. The average Bonchev–Trinajstić information content (AvgIpc) is 2.73. The molecule has 0 aliphatic carbocycles. The second-order valence-electron chi connectivity index (χ2n) is 3.45. The van der Waals surface area contributed by atoms with Crippen LogP contribution in [0.3, 0.4) is 0 Å². The van der Waals surface area contributed by atoms with Crippen molar-refractivity contribution in [2.45, 2.75) is 24.0 Å². The lowest BCUT2D eigenvalue weighted by Crippen LogP contribution is -1.88. The highest BCUT2D eigenvalue weighted by atomic mass is 32.2. The minimum atomic E-state index is -0.340. The van der Waals surface area contributed by atoms with Crippen molar-refractivity contribution in [3.05, 3.63) is 35.8 Å². The number of thioether (sulfide) groups is 1. The molecule has 2 N–H and O–H groups in total. The van der Waals surface area contributed by atoms with Crippen molar-refractivity contribution in [2.24, 2.45) is 0 Å². The van der Waals surface area contributed by atoms with Crippen LogP contribution in [0, 0.1) is 5.82 Å². The molecular formula is C11H12FN3OS. The number of hydrogen-bond acceptors (Lipinski definition) is 5. The molecule has 1 heterocycles. The highest BCUT2D eigenvalue weighted by Gasteiger charge is 2.06. The van der Waals surface area contributed by atoms with E-state index in [2.05, 4.69) is 10.2 Å². The number of nitrogen functional groups attached to an aromatic ring is 1. The zero-order valence-corrected chi connectivity index (χ0v) is 10.1. The molecule has 17 heavy (non-hydrogen) atoms. The molecule has 0 unspecified atom stereocenters. The third-order valence-electron chi connectivity index (χ3n) is 2.07. The van der Waals surface area contributed by atoms with Gasteiger partial charge in [-0.05, 0) is 18.2 Å². The standard InChI is InChI=1S/C11H12FN3OS/c1-2-10-14-15-11(16-10)6-17-9-4-7(12)3-8(13)5-9/h3-5H,2,6,13H2,1H3. The smallest absolute Gasteiger partial charge is 0.226 e. The maximum absolute atomic E-state index is 13.1. The molecule has 0 spiro atoms. The van der Waals surface area contributed by atoms with E-state index < -0.39 is 0 Å². The normalized spacial score (nSPS) is 10.7. The maximum Gasteiger partial charge on any atom is 0.226 e. The number of halogens is 1. The molecule has 0 aliphatic heterocycles. The molecule has 4 nitrogen and oxygen atoms in total. The Bertz CT molecular complexity index is 495. The van der Waals surface area contributed by atoms with Crippen molar-refractivity contribution in [1.82, 2.24) is 10.2 Å². The molecule has 0 saturated heterocycles. The first kappa shape index (κ1) is 11.9. The molecule has 2 rings (SSSR count). The van der Waals surface area contributed by atoms with Crippen LogP contribution in [-0.2, 0) is 12.2 Å². The summed E-state index contributed by atoms with van der Waals surface area (Å²) in [5.41, 5.74) is 5.96. The van der Waals surface area contributed by atoms with Gasteiger partial charge in [0.05, 0.1) is 5.75 Å². The molecule has 0 saturated carbocycles. The van der Waals surface area contributed by atoms with Crippen LogP contribution < -0.4 is 5.73 Å². The van der Waals surface area contributed by atoms with Gasteiger partial charge >= 0.3 is 0 Å². The zero-order valence-electron chi connectivity index (χ0n) is 9.31. The minimum Gasteiger partial charge on any atom is -0.424 e. The van der Waals surface area contributed by atoms with Gasteiger partial charge in [-0.15, -0.1) is 22.0 Å². The van der Waals surface area contributed by atoms with Gasteiger partial charge in [0.2, 0.25) is 11.8 Å². The highest BCUT2D eigenvalue weighted by molar-refractivity contribution is 7.98. The second-order valence-corrected chi connectivity index (χ2v) is 4.50. The fourth-order valence-corrected chi connectivity index (χ4v) is 2.12. The Hall–Kier alpha value is -1.56. The Morgan fingerprint density at radius 2 is 2.06 bits per heavy atom. The van der Waals surface area contributed by atoms with E-state index in [4.69, 9.17) is 10.2 Å². The number of aryl methyl sites for hydroxylation is 1. The van der Waals surface area contributed by atoms with Crippen molar-refractivity contribution in [1.29, 1.82) is 0 Å². The summed E-state index contributed by atoms with van der Waals surface area (Å²) in [6.07, 6.45) is 0.713. The number of benzene rings is 1. The molecule has 0 atom stereocenters. The summed E-state index contributed by atoms with van der Waals surface area (Å²) in [5.74, 6) is 1.32.